The van der Waals surface area contributed by atoms with Gasteiger partial charge in [0.1, 0.15) is 0 Å². The van der Waals surface area contributed by atoms with Gasteiger partial charge in [0.2, 0.25) is 0 Å². The average Bonchev–Trinajstić information content (AvgIpc) is 2.51. The maximum Gasteiger partial charge on any atom is 0.197 e. The van der Waals surface area contributed by atoms with E-state index < -0.39 is 0 Å². The summed E-state index contributed by atoms with van der Waals surface area (Å²) < 4.78 is 0. The number of carbonyl (C=O) groups is 2. The van der Waals surface area contributed by atoms with Gasteiger partial charge in [-0.25, -0.2) is 0 Å². The van der Waals surface area contributed by atoms with Gasteiger partial charge in [-0.2, -0.15) is 5.26 Å². The summed E-state index contributed by atoms with van der Waals surface area (Å²) in [5.41, 5.74) is 1.33. The van der Waals surface area contributed by atoms with Gasteiger partial charge in [0, 0.05) is 11.1 Å². The number of fused-ring (bicyclic) bond motifs is 1. The molecule has 0 amide bonds. The largest absolute Gasteiger partial charge is 0.288 e. The molecule has 0 aromatic heterocycles. The Hall–Kier alpha value is -2.21. The normalized spacial score (nSPS) is 16.7. The molecule has 2 rings (SSSR count). The van der Waals surface area contributed by atoms with Gasteiger partial charge in [0.05, 0.1) is 17.2 Å². The number of nitrogens with zero attached hydrogens (tertiary/aromatic N) is 1. The van der Waals surface area contributed by atoms with Crippen molar-refractivity contribution in [2.45, 2.75) is 6.92 Å². The minimum Gasteiger partial charge on any atom is -0.288 e. The lowest BCUT2D eigenvalue weighted by Gasteiger charge is -1.94. The highest BCUT2D eigenvalue weighted by Crippen LogP contribution is 2.26. The number of carbonyl (C=O) groups excluding carboxylic acids is 2. The summed E-state index contributed by atoms with van der Waals surface area (Å²) in [6.45, 7) is 1.65. The molecule has 0 atom stereocenters. The van der Waals surface area contributed by atoms with Crippen LogP contribution in [-0.4, -0.2) is 11.6 Å². The number of hydrogen-bond acceptors (Lipinski definition) is 3. The smallest absolute Gasteiger partial charge is 0.197 e. The fourth-order valence-corrected chi connectivity index (χ4v) is 1.66. The third-order valence-corrected chi connectivity index (χ3v) is 2.42. The van der Waals surface area contributed by atoms with Crippen molar-refractivity contribution in [1.29, 1.82) is 5.26 Å². The van der Waals surface area contributed by atoms with Gasteiger partial charge >= 0.3 is 0 Å². The predicted molar refractivity (Wildman–Crippen MR) is 53.6 cm³/mol. The molecule has 0 saturated heterocycles. The third-order valence-electron chi connectivity index (χ3n) is 2.42. The summed E-state index contributed by atoms with van der Waals surface area (Å²) in [7, 11) is 0. The molecule has 0 heterocycles. The van der Waals surface area contributed by atoms with Gasteiger partial charge in [-0.15, -0.1) is 0 Å². The molecule has 0 saturated carbocycles. The first-order valence-corrected chi connectivity index (χ1v) is 4.49. The van der Waals surface area contributed by atoms with Crippen LogP contribution in [0.4, 0.5) is 0 Å². The Morgan fingerprint density at radius 1 is 1.20 bits per heavy atom. The lowest BCUT2D eigenvalue weighted by atomic mass is 10.1. The molecule has 72 valence electrons. The van der Waals surface area contributed by atoms with Crippen LogP contribution in [0.2, 0.25) is 0 Å². The summed E-state index contributed by atoms with van der Waals surface area (Å²) in [5, 5.41) is 8.68. The third kappa shape index (κ3) is 1.19. The van der Waals surface area contributed by atoms with Crippen LogP contribution in [0.3, 0.4) is 0 Å². The molecule has 3 heteroatoms. The molecule has 0 bridgehead atoms. The summed E-state index contributed by atoms with van der Waals surface area (Å²) in [6, 6.07) is 6.48. The van der Waals surface area contributed by atoms with Crippen molar-refractivity contribution < 1.29 is 9.59 Å². The Morgan fingerprint density at radius 3 is 2.47 bits per heavy atom. The highest BCUT2D eigenvalue weighted by atomic mass is 16.2. The summed E-state index contributed by atoms with van der Waals surface area (Å²) >= 11 is 0. The standard InChI is InChI=1S/C12H7NO2/c1-2-8-11(14)9-4-3-7(6-13)5-10(9)12(8)15/h2-5H,1H3. The Bertz CT molecular complexity index is 547. The van der Waals surface area contributed by atoms with Crippen molar-refractivity contribution in [2.24, 2.45) is 0 Å². The zero-order chi connectivity index (χ0) is 11.0. The quantitative estimate of drug-likeness (QED) is 0.471. The van der Waals surface area contributed by atoms with Crippen LogP contribution in [0.25, 0.3) is 0 Å². The van der Waals surface area contributed by atoms with Gasteiger partial charge in [-0.3, -0.25) is 9.59 Å². The van der Waals surface area contributed by atoms with Gasteiger partial charge in [0.25, 0.3) is 0 Å². The molecule has 15 heavy (non-hydrogen) atoms. The molecule has 1 aromatic carbocycles. The number of nitriles is 1. The number of rotatable bonds is 0. The maximum absolute atomic E-state index is 11.7. The van der Waals surface area contributed by atoms with E-state index in [2.05, 4.69) is 0 Å². The van der Waals surface area contributed by atoms with Gasteiger partial charge in [-0.05, 0) is 25.1 Å². The highest BCUT2D eigenvalue weighted by Gasteiger charge is 2.32. The monoisotopic (exact) mass is 197 g/mol. The maximum atomic E-state index is 11.7. The predicted octanol–water partition coefficient (Wildman–Crippen LogP) is 1.88. The van der Waals surface area contributed by atoms with Gasteiger partial charge < -0.3 is 0 Å². The van der Waals surface area contributed by atoms with Crippen LogP contribution in [-0.2, 0) is 0 Å². The van der Waals surface area contributed by atoms with Crippen molar-refractivity contribution in [3.05, 3.63) is 46.5 Å². The van der Waals surface area contributed by atoms with Gasteiger partial charge in [-0.1, -0.05) is 6.08 Å². The van der Waals surface area contributed by atoms with E-state index in [1.165, 1.54) is 18.2 Å². The number of benzene rings is 1. The number of ketones is 2. The van der Waals surface area contributed by atoms with E-state index in [1.807, 2.05) is 6.07 Å². The van der Waals surface area contributed by atoms with E-state index in [1.54, 1.807) is 13.0 Å². The molecular weight excluding hydrogens is 190 g/mol. The van der Waals surface area contributed by atoms with E-state index in [0.29, 0.717) is 16.7 Å². The van der Waals surface area contributed by atoms with E-state index in [9.17, 15) is 9.59 Å². The summed E-state index contributed by atoms with van der Waals surface area (Å²) in [4.78, 5) is 23.4. The molecule has 3 nitrogen and oxygen atoms in total. The molecule has 1 aliphatic carbocycles. The number of Topliss-reactive ketones (excluding diaryl/α,β-unsaturated/α-hetero) is 2. The lowest BCUT2D eigenvalue weighted by molar-refractivity contribution is 0.0988. The van der Waals surface area contributed by atoms with Crippen molar-refractivity contribution in [3.8, 4) is 6.07 Å². The average molecular weight is 197 g/mol. The Kier molecular flexibility index (Phi) is 1.98. The number of allylic oxidation sites excluding steroid dienone is 2. The van der Waals surface area contributed by atoms with E-state index in [4.69, 9.17) is 5.26 Å². The SMILES string of the molecule is CC=C1C(=O)c2ccc(C#N)cc2C1=O. The zero-order valence-corrected chi connectivity index (χ0v) is 8.07. The minimum atomic E-state index is -0.283. The van der Waals surface area contributed by atoms with Crippen molar-refractivity contribution in [1.82, 2.24) is 0 Å². The van der Waals surface area contributed by atoms with Crippen LogP contribution >= 0.6 is 0 Å². The van der Waals surface area contributed by atoms with Crippen LogP contribution in [0, 0.1) is 11.3 Å². The Morgan fingerprint density at radius 2 is 1.87 bits per heavy atom. The lowest BCUT2D eigenvalue weighted by Crippen LogP contribution is -1.99. The molecule has 1 aromatic rings. The second kappa shape index (κ2) is 3.18. The molecule has 1 aliphatic rings. The van der Waals surface area contributed by atoms with Crippen molar-refractivity contribution in [3.63, 3.8) is 0 Å². The summed E-state index contributed by atoms with van der Waals surface area (Å²) in [5.74, 6) is -0.531. The van der Waals surface area contributed by atoms with E-state index in [-0.39, 0.29) is 17.1 Å². The zero-order valence-electron chi connectivity index (χ0n) is 8.07. The Labute approximate surface area is 86.6 Å². The first-order valence-electron chi connectivity index (χ1n) is 4.49. The van der Waals surface area contributed by atoms with Crippen molar-refractivity contribution in [2.75, 3.05) is 0 Å². The van der Waals surface area contributed by atoms with Crippen LogP contribution in [0.1, 0.15) is 33.2 Å². The molecule has 0 aliphatic heterocycles. The first kappa shape index (κ1) is 9.35. The van der Waals surface area contributed by atoms with Gasteiger partial charge in [0.15, 0.2) is 11.6 Å². The first-order chi connectivity index (χ1) is 7.19. The van der Waals surface area contributed by atoms with Crippen LogP contribution < -0.4 is 0 Å². The summed E-state index contributed by atoms with van der Waals surface area (Å²) in [6.07, 6.45) is 1.51. The minimum absolute atomic E-state index is 0.195. The molecule has 0 unspecified atom stereocenters. The fourth-order valence-electron chi connectivity index (χ4n) is 1.66. The van der Waals surface area contributed by atoms with E-state index in [0.717, 1.165) is 0 Å². The number of hydrogen-bond donors (Lipinski definition) is 0. The van der Waals surface area contributed by atoms with Crippen LogP contribution in [0.5, 0.6) is 0 Å². The van der Waals surface area contributed by atoms with E-state index >= 15 is 0 Å². The van der Waals surface area contributed by atoms with Crippen LogP contribution in [0.15, 0.2) is 29.8 Å². The second-order valence-corrected chi connectivity index (χ2v) is 3.23. The Balaban J connectivity index is 2.69. The second-order valence-electron chi connectivity index (χ2n) is 3.23. The highest BCUT2D eigenvalue weighted by molar-refractivity contribution is 6.39. The molecule has 0 fully saturated rings. The van der Waals surface area contributed by atoms with Crippen molar-refractivity contribution >= 4 is 11.6 Å². The molecular formula is C12H7NO2. The fraction of sp³-hybridized carbons (Fsp3) is 0.0833. The molecule has 0 radical (unpaired) electrons. The molecule has 0 spiro atoms. The molecule has 0 N–H and O–H groups in total. The topological polar surface area (TPSA) is 57.9 Å².